The zero-order valence-corrected chi connectivity index (χ0v) is 14.2. The molecule has 7 heteroatoms. The standard InChI is InChI=1S/C16H23N3O3.ClH/c1-17-7-3-6-15(20)18-14-5-2-4-13(12-14)16(21)19-8-10-22-11-9-19;/h2,4-5,12,17H,3,6-11H2,1H3,(H,18,20);1H. The van der Waals surface area contributed by atoms with Crippen molar-refractivity contribution >= 4 is 29.9 Å². The highest BCUT2D eigenvalue weighted by Crippen LogP contribution is 2.14. The van der Waals surface area contributed by atoms with Gasteiger partial charge in [-0.25, -0.2) is 0 Å². The van der Waals surface area contributed by atoms with Crippen LogP contribution >= 0.6 is 12.4 Å². The average Bonchev–Trinajstić information content (AvgIpc) is 2.55. The lowest BCUT2D eigenvalue weighted by molar-refractivity contribution is -0.116. The molecule has 2 N–H and O–H groups in total. The van der Waals surface area contributed by atoms with E-state index in [1.54, 1.807) is 29.2 Å². The Hall–Kier alpha value is -1.63. The van der Waals surface area contributed by atoms with Crippen LogP contribution in [0.1, 0.15) is 23.2 Å². The van der Waals surface area contributed by atoms with Crippen LogP contribution in [0.15, 0.2) is 24.3 Å². The van der Waals surface area contributed by atoms with Crippen molar-refractivity contribution in [1.82, 2.24) is 10.2 Å². The van der Waals surface area contributed by atoms with Crippen molar-refractivity contribution in [2.45, 2.75) is 12.8 Å². The van der Waals surface area contributed by atoms with Crippen molar-refractivity contribution in [3.05, 3.63) is 29.8 Å². The minimum absolute atomic E-state index is 0. The van der Waals surface area contributed by atoms with Gasteiger partial charge in [0.05, 0.1) is 13.2 Å². The van der Waals surface area contributed by atoms with Gasteiger partial charge in [-0.3, -0.25) is 9.59 Å². The molecule has 0 bridgehead atoms. The summed E-state index contributed by atoms with van der Waals surface area (Å²) in [4.78, 5) is 26.0. The van der Waals surface area contributed by atoms with Gasteiger partial charge in [0.1, 0.15) is 0 Å². The number of nitrogens with zero attached hydrogens (tertiary/aromatic N) is 1. The number of halogens is 1. The molecule has 128 valence electrons. The van der Waals surface area contributed by atoms with E-state index in [4.69, 9.17) is 4.74 Å². The van der Waals surface area contributed by atoms with E-state index in [-0.39, 0.29) is 24.2 Å². The lowest BCUT2D eigenvalue weighted by atomic mass is 10.1. The predicted octanol–water partition coefficient (Wildman–Crippen LogP) is 1.52. The number of nitrogens with one attached hydrogen (secondary N) is 2. The largest absolute Gasteiger partial charge is 0.378 e. The van der Waals surface area contributed by atoms with E-state index < -0.39 is 0 Å². The summed E-state index contributed by atoms with van der Waals surface area (Å²) in [7, 11) is 1.86. The zero-order chi connectivity index (χ0) is 15.8. The molecular weight excluding hydrogens is 318 g/mol. The van der Waals surface area contributed by atoms with Crippen LogP contribution in [0.4, 0.5) is 5.69 Å². The Kier molecular flexibility index (Phi) is 8.61. The number of rotatable bonds is 6. The Morgan fingerprint density at radius 1 is 1.26 bits per heavy atom. The number of benzene rings is 1. The second kappa shape index (κ2) is 10.2. The average molecular weight is 342 g/mol. The van der Waals surface area contributed by atoms with E-state index in [0.717, 1.165) is 13.0 Å². The molecule has 0 aliphatic carbocycles. The number of carbonyl (C=O) groups is 2. The normalized spacial score (nSPS) is 14.0. The second-order valence-electron chi connectivity index (χ2n) is 5.24. The van der Waals surface area contributed by atoms with Crippen LogP contribution in [0.25, 0.3) is 0 Å². The van der Waals surface area contributed by atoms with Gasteiger partial charge in [-0.2, -0.15) is 0 Å². The highest BCUT2D eigenvalue weighted by molar-refractivity contribution is 5.97. The summed E-state index contributed by atoms with van der Waals surface area (Å²) in [6.45, 7) is 3.18. The molecule has 1 aromatic carbocycles. The molecule has 23 heavy (non-hydrogen) atoms. The molecule has 1 heterocycles. The van der Waals surface area contributed by atoms with Crippen LogP contribution in [0, 0.1) is 0 Å². The van der Waals surface area contributed by atoms with E-state index in [0.29, 0.717) is 44.0 Å². The number of hydrogen-bond donors (Lipinski definition) is 2. The molecule has 2 rings (SSSR count). The van der Waals surface area contributed by atoms with Crippen molar-refractivity contribution in [2.24, 2.45) is 0 Å². The summed E-state index contributed by atoms with van der Waals surface area (Å²) >= 11 is 0. The van der Waals surface area contributed by atoms with Crippen molar-refractivity contribution in [3.8, 4) is 0 Å². The number of anilines is 1. The summed E-state index contributed by atoms with van der Waals surface area (Å²) in [5, 5.41) is 5.84. The highest BCUT2D eigenvalue weighted by atomic mass is 35.5. The van der Waals surface area contributed by atoms with Gasteiger partial charge in [0.15, 0.2) is 0 Å². The first kappa shape index (κ1) is 19.4. The van der Waals surface area contributed by atoms with Crippen LogP contribution in [0.5, 0.6) is 0 Å². The van der Waals surface area contributed by atoms with Gasteiger partial charge in [-0.1, -0.05) is 6.07 Å². The molecule has 1 saturated heterocycles. The fourth-order valence-electron chi connectivity index (χ4n) is 2.33. The Balaban J connectivity index is 0.00000264. The molecule has 0 unspecified atom stereocenters. The third-order valence-electron chi connectivity index (χ3n) is 3.52. The monoisotopic (exact) mass is 341 g/mol. The van der Waals surface area contributed by atoms with Crippen molar-refractivity contribution in [3.63, 3.8) is 0 Å². The first-order chi connectivity index (χ1) is 10.7. The molecule has 0 aromatic heterocycles. The van der Waals surface area contributed by atoms with Gasteiger partial charge >= 0.3 is 0 Å². The maximum Gasteiger partial charge on any atom is 0.254 e. The fraction of sp³-hybridized carbons (Fsp3) is 0.500. The molecule has 0 radical (unpaired) electrons. The Morgan fingerprint density at radius 2 is 2.00 bits per heavy atom. The molecule has 1 fully saturated rings. The summed E-state index contributed by atoms with van der Waals surface area (Å²) in [5.74, 6) is -0.0548. The first-order valence-corrected chi connectivity index (χ1v) is 7.62. The Morgan fingerprint density at radius 3 is 2.70 bits per heavy atom. The zero-order valence-electron chi connectivity index (χ0n) is 13.3. The summed E-state index contributed by atoms with van der Waals surface area (Å²) in [6.07, 6.45) is 1.25. The Bertz CT molecular complexity index is 519. The quantitative estimate of drug-likeness (QED) is 0.770. The van der Waals surface area contributed by atoms with E-state index in [1.165, 1.54) is 0 Å². The number of carbonyl (C=O) groups excluding carboxylic acids is 2. The van der Waals surface area contributed by atoms with Crippen LogP contribution in [-0.2, 0) is 9.53 Å². The molecule has 1 aromatic rings. The minimum atomic E-state index is -0.0359. The first-order valence-electron chi connectivity index (χ1n) is 7.62. The van der Waals surface area contributed by atoms with Gasteiger partial charge in [-0.05, 0) is 38.2 Å². The van der Waals surface area contributed by atoms with Gasteiger partial charge in [0.25, 0.3) is 5.91 Å². The number of ether oxygens (including phenoxy) is 1. The van der Waals surface area contributed by atoms with Crippen LogP contribution in [0.2, 0.25) is 0 Å². The summed E-state index contributed by atoms with van der Waals surface area (Å²) < 4.78 is 5.25. The lowest BCUT2D eigenvalue weighted by Crippen LogP contribution is -2.40. The third-order valence-corrected chi connectivity index (χ3v) is 3.52. The van der Waals surface area contributed by atoms with Crippen LogP contribution in [0.3, 0.4) is 0 Å². The second-order valence-corrected chi connectivity index (χ2v) is 5.24. The Labute approximate surface area is 143 Å². The highest BCUT2D eigenvalue weighted by Gasteiger charge is 2.18. The molecular formula is C16H24ClN3O3. The predicted molar refractivity (Wildman–Crippen MR) is 92.2 cm³/mol. The molecule has 2 amide bonds. The number of amides is 2. The maximum atomic E-state index is 12.4. The molecule has 0 saturated carbocycles. The van der Waals surface area contributed by atoms with Crippen LogP contribution in [-0.4, -0.2) is 56.6 Å². The van der Waals surface area contributed by atoms with Gasteiger partial charge in [-0.15, -0.1) is 12.4 Å². The molecule has 1 aliphatic rings. The summed E-state index contributed by atoms with van der Waals surface area (Å²) in [5.41, 5.74) is 1.25. The smallest absolute Gasteiger partial charge is 0.254 e. The van der Waals surface area contributed by atoms with E-state index in [2.05, 4.69) is 10.6 Å². The maximum absolute atomic E-state index is 12.4. The van der Waals surface area contributed by atoms with Gasteiger partial charge in [0.2, 0.25) is 5.91 Å². The SMILES string of the molecule is CNCCCC(=O)Nc1cccc(C(=O)N2CCOCC2)c1.Cl. The van der Waals surface area contributed by atoms with Crippen molar-refractivity contribution in [1.29, 1.82) is 0 Å². The number of morpholine rings is 1. The van der Waals surface area contributed by atoms with Crippen molar-refractivity contribution < 1.29 is 14.3 Å². The molecule has 6 nitrogen and oxygen atoms in total. The lowest BCUT2D eigenvalue weighted by Gasteiger charge is -2.27. The molecule has 0 atom stereocenters. The molecule has 0 spiro atoms. The molecule has 1 aliphatic heterocycles. The fourth-order valence-corrected chi connectivity index (χ4v) is 2.33. The van der Waals surface area contributed by atoms with Gasteiger partial charge < -0.3 is 20.3 Å². The van der Waals surface area contributed by atoms with Crippen molar-refractivity contribution in [2.75, 3.05) is 45.2 Å². The van der Waals surface area contributed by atoms with E-state index >= 15 is 0 Å². The topological polar surface area (TPSA) is 70.7 Å². The minimum Gasteiger partial charge on any atom is -0.378 e. The van der Waals surface area contributed by atoms with Gasteiger partial charge in [0, 0.05) is 30.8 Å². The van der Waals surface area contributed by atoms with E-state index in [9.17, 15) is 9.59 Å². The third kappa shape index (κ3) is 6.17. The van der Waals surface area contributed by atoms with E-state index in [1.807, 2.05) is 7.05 Å². The number of hydrogen-bond acceptors (Lipinski definition) is 4. The summed E-state index contributed by atoms with van der Waals surface area (Å²) in [6, 6.07) is 7.09. The van der Waals surface area contributed by atoms with Crippen LogP contribution < -0.4 is 10.6 Å².